The standard InChI is InChI=1S/C52H84FN9O14/c1-14-41-52(10,68)45(64)33(6)59(12)25-29(2)22-50(8,67)47(31(4)44(32(5)48(66)74-41)75-42-23-51(9,71-13)46(65)34(7)73-42)76-49-43(63)40(21-30(3)72-49)58(11)20-19-36-26-61(57-54-36)38(24-53)27-60-28-39(55-56-60)35-15-17-37(18-16-35)62(69)70/h15-18,26,28-34,38,40-47,49,63-65,67-68H,14,19-25,27H2,1-13H3/t29-,30-,31+,32-,33-,34+,38?,40+,41-,42+,43-,44+,45-,46+,47-,49+,50-,51-,52-/m1/s1. The molecule has 24 heteroatoms. The molecule has 0 amide bonds. The molecule has 5 heterocycles. The summed E-state index contributed by atoms with van der Waals surface area (Å²) >= 11 is 0. The van der Waals surface area contributed by atoms with Gasteiger partial charge in [0.1, 0.15) is 48.4 Å². The molecule has 0 aliphatic carbocycles. The second-order valence-electron chi connectivity index (χ2n) is 22.6. The second-order valence-corrected chi connectivity index (χ2v) is 22.6. The molecule has 76 heavy (non-hydrogen) atoms. The maximum Gasteiger partial charge on any atom is 0.311 e. The van der Waals surface area contributed by atoms with Crippen LogP contribution in [-0.2, 0) is 46.2 Å². The van der Waals surface area contributed by atoms with Crippen LogP contribution in [0.15, 0.2) is 36.7 Å². The van der Waals surface area contributed by atoms with E-state index in [-0.39, 0.29) is 37.4 Å². The summed E-state index contributed by atoms with van der Waals surface area (Å²) in [6.45, 7) is 17.4. The van der Waals surface area contributed by atoms with Crippen LogP contribution in [0.3, 0.4) is 0 Å². The number of esters is 1. The average molecular weight is 1080 g/mol. The molecule has 23 nitrogen and oxygen atoms in total. The summed E-state index contributed by atoms with van der Waals surface area (Å²) in [4.78, 5) is 29.0. The molecule has 19 atom stereocenters. The number of nitro groups is 1. The Morgan fingerprint density at radius 3 is 2.29 bits per heavy atom. The number of nitrogens with zero attached hydrogens (tertiary/aromatic N) is 9. The van der Waals surface area contributed by atoms with Crippen molar-refractivity contribution in [1.82, 2.24) is 39.8 Å². The summed E-state index contributed by atoms with van der Waals surface area (Å²) < 4.78 is 55.7. The summed E-state index contributed by atoms with van der Waals surface area (Å²) in [6, 6.07) is 4.00. The van der Waals surface area contributed by atoms with Crippen molar-refractivity contribution in [3.63, 3.8) is 0 Å². The van der Waals surface area contributed by atoms with Gasteiger partial charge < -0.3 is 63.8 Å². The van der Waals surface area contributed by atoms with E-state index in [4.69, 9.17) is 28.4 Å². The first-order valence-electron chi connectivity index (χ1n) is 26.5. The van der Waals surface area contributed by atoms with Crippen LogP contribution in [0.2, 0.25) is 0 Å². The van der Waals surface area contributed by atoms with Gasteiger partial charge in [0, 0.05) is 74.9 Å². The Balaban J connectivity index is 1.23. The minimum absolute atomic E-state index is 0.0559. The van der Waals surface area contributed by atoms with E-state index in [9.17, 15) is 44.8 Å². The Labute approximate surface area is 445 Å². The highest BCUT2D eigenvalue weighted by molar-refractivity contribution is 5.73. The number of cyclic esters (lactones) is 1. The van der Waals surface area contributed by atoms with Gasteiger partial charge in [-0.2, -0.15) is 0 Å². The first kappa shape index (κ1) is 61.0. The van der Waals surface area contributed by atoms with E-state index in [0.29, 0.717) is 42.9 Å². The van der Waals surface area contributed by atoms with E-state index in [0.717, 1.165) is 0 Å². The van der Waals surface area contributed by atoms with Crippen molar-refractivity contribution in [3.05, 3.63) is 52.5 Å². The first-order chi connectivity index (χ1) is 35.6. The van der Waals surface area contributed by atoms with Gasteiger partial charge in [0.25, 0.3) is 5.69 Å². The molecule has 3 fully saturated rings. The molecule has 3 saturated heterocycles. The lowest BCUT2D eigenvalue weighted by Crippen LogP contribution is -2.61. The number of aromatic nitrogens is 6. The van der Waals surface area contributed by atoms with E-state index < -0.39 is 126 Å². The monoisotopic (exact) mass is 1080 g/mol. The molecular weight excluding hydrogens is 994 g/mol. The number of likely N-dealkylation sites (N-methyl/N-ethyl adjacent to an activating group) is 2. The summed E-state index contributed by atoms with van der Waals surface area (Å²) in [6.07, 6.45) is -6.01. The molecule has 0 radical (unpaired) electrons. The van der Waals surface area contributed by atoms with Crippen LogP contribution < -0.4 is 0 Å². The number of hydrogen-bond acceptors (Lipinski definition) is 20. The number of non-ortho nitro benzene ring substituents is 1. The fourth-order valence-electron chi connectivity index (χ4n) is 11.4. The highest BCUT2D eigenvalue weighted by Crippen LogP contribution is 2.40. The van der Waals surface area contributed by atoms with Gasteiger partial charge in [0.15, 0.2) is 12.6 Å². The fraction of sp³-hybridized carbons (Fsp3) is 0.788. The third-order valence-electron chi connectivity index (χ3n) is 16.3. The van der Waals surface area contributed by atoms with E-state index in [2.05, 4.69) is 20.6 Å². The van der Waals surface area contributed by atoms with Gasteiger partial charge in [-0.05, 0) is 99.9 Å². The number of aliphatic hydroxyl groups is 5. The molecule has 3 aliphatic rings. The van der Waals surface area contributed by atoms with E-state index >= 15 is 0 Å². The van der Waals surface area contributed by atoms with Gasteiger partial charge >= 0.3 is 5.97 Å². The number of ether oxygens (including phenoxy) is 6. The molecule has 1 unspecified atom stereocenters. The highest BCUT2D eigenvalue weighted by Gasteiger charge is 2.53. The maximum absolute atomic E-state index is 14.6. The number of benzene rings is 1. The van der Waals surface area contributed by atoms with Crippen molar-refractivity contribution in [1.29, 1.82) is 0 Å². The number of methoxy groups -OCH3 is 1. The summed E-state index contributed by atoms with van der Waals surface area (Å²) in [5.41, 5.74) is -3.04. The minimum Gasteiger partial charge on any atom is -0.459 e. The quantitative estimate of drug-likeness (QED) is 0.0780. The van der Waals surface area contributed by atoms with Crippen LogP contribution in [0.25, 0.3) is 11.3 Å². The first-order valence-corrected chi connectivity index (χ1v) is 26.5. The van der Waals surface area contributed by atoms with Crippen LogP contribution in [0.4, 0.5) is 10.1 Å². The third kappa shape index (κ3) is 14.0. The predicted molar refractivity (Wildman–Crippen MR) is 274 cm³/mol. The molecule has 3 aromatic rings. The minimum atomic E-state index is -1.86. The number of aliphatic hydroxyl groups excluding tert-OH is 3. The van der Waals surface area contributed by atoms with Crippen LogP contribution in [0.1, 0.15) is 107 Å². The number of carbonyl (C=O) groups is 1. The van der Waals surface area contributed by atoms with Crippen molar-refractivity contribution >= 4 is 11.7 Å². The molecule has 0 saturated carbocycles. The lowest BCUT2D eigenvalue weighted by molar-refractivity contribution is -0.384. The number of nitro benzene ring substituents is 1. The number of rotatable bonds is 16. The summed E-state index contributed by atoms with van der Waals surface area (Å²) in [5.74, 6) is -2.94. The van der Waals surface area contributed by atoms with E-state index in [1.165, 1.54) is 35.5 Å². The summed E-state index contributed by atoms with van der Waals surface area (Å²) in [5, 5.41) is 87.7. The zero-order chi connectivity index (χ0) is 56.2. The van der Waals surface area contributed by atoms with Gasteiger partial charge in [0.05, 0.1) is 64.9 Å². The normalized spacial score (nSPS) is 38.1. The predicted octanol–water partition coefficient (Wildman–Crippen LogP) is 3.48. The number of carbonyl (C=O) groups excluding carboxylic acids is 1. The molecule has 428 valence electrons. The van der Waals surface area contributed by atoms with Crippen LogP contribution >= 0.6 is 0 Å². The van der Waals surface area contributed by atoms with Crippen LogP contribution in [0, 0.1) is 27.9 Å². The topological polar surface area (TPSA) is 285 Å². The molecule has 2 aromatic heterocycles. The molecule has 1 aromatic carbocycles. The Bertz CT molecular complexity index is 2340. The Hall–Kier alpha value is -4.18. The zero-order valence-corrected chi connectivity index (χ0v) is 46.4. The number of halogens is 1. The Morgan fingerprint density at radius 1 is 0.974 bits per heavy atom. The Morgan fingerprint density at radius 2 is 1.66 bits per heavy atom. The van der Waals surface area contributed by atoms with Gasteiger partial charge in [-0.3, -0.25) is 14.9 Å². The number of hydrogen-bond donors (Lipinski definition) is 5. The van der Waals surface area contributed by atoms with Crippen LogP contribution in [-0.4, -0.2) is 207 Å². The third-order valence-corrected chi connectivity index (χ3v) is 16.3. The largest absolute Gasteiger partial charge is 0.459 e. The molecule has 6 rings (SSSR count). The molecular formula is C52H84FN9O14. The average Bonchev–Trinajstić information content (AvgIpc) is 4.06. The molecule has 0 spiro atoms. The fourth-order valence-corrected chi connectivity index (χ4v) is 11.4. The summed E-state index contributed by atoms with van der Waals surface area (Å²) in [7, 11) is 5.16. The number of alkyl halides is 1. The lowest BCUT2D eigenvalue weighted by atomic mass is 9.77. The molecule has 5 N–H and O–H groups in total. The molecule has 0 bridgehead atoms. The van der Waals surface area contributed by atoms with Crippen molar-refractivity contribution < 1.29 is 68.1 Å². The van der Waals surface area contributed by atoms with E-state index in [1.54, 1.807) is 73.0 Å². The second kappa shape index (κ2) is 25.3. The van der Waals surface area contributed by atoms with Crippen molar-refractivity contribution in [2.45, 2.75) is 204 Å². The Kier molecular flexibility index (Phi) is 20.3. The van der Waals surface area contributed by atoms with Crippen molar-refractivity contribution in [2.24, 2.45) is 17.8 Å². The SMILES string of the molecule is CC[C@H]1OC(=O)[C@H](C)[C@@H](O[C@H]2C[C@@](C)(OC)[C@@H](O)[C@H](C)O2)[C@H](C)[C@@H](O[C@@H]2O[C@H](C)C[C@H](N(C)CCc3cn(C(CF)Cn4cc(-c5ccc([N+](=O)[O-])cc5)nn4)nn3)[C@H]2O)[C@](C)(O)C[C@@H](C)CN(C)[C@H](C)[C@@H](O)[C@]1(C)O. The molecule has 3 aliphatic heterocycles. The smallest absolute Gasteiger partial charge is 0.311 e. The van der Waals surface area contributed by atoms with Crippen molar-refractivity contribution in [2.75, 3.05) is 41.0 Å². The van der Waals surface area contributed by atoms with Gasteiger partial charge in [-0.25, -0.2) is 13.8 Å². The van der Waals surface area contributed by atoms with Crippen molar-refractivity contribution in [3.8, 4) is 11.3 Å². The van der Waals surface area contributed by atoms with Gasteiger partial charge in [-0.15, -0.1) is 10.2 Å². The maximum atomic E-state index is 14.6. The lowest BCUT2D eigenvalue weighted by Gasteiger charge is -2.49. The van der Waals surface area contributed by atoms with Gasteiger partial charge in [0.2, 0.25) is 0 Å². The van der Waals surface area contributed by atoms with Gasteiger partial charge in [-0.1, -0.05) is 31.2 Å². The van der Waals surface area contributed by atoms with Crippen LogP contribution in [0.5, 0.6) is 0 Å². The highest BCUT2D eigenvalue weighted by atomic mass is 19.1. The van der Waals surface area contributed by atoms with E-state index in [1.807, 2.05) is 37.7 Å². The zero-order valence-electron chi connectivity index (χ0n) is 46.4.